The first-order valence-corrected chi connectivity index (χ1v) is 10.1. The molecule has 142 valence electrons. The Balaban J connectivity index is 1.57. The Morgan fingerprint density at radius 3 is 2.62 bits per heavy atom. The van der Waals surface area contributed by atoms with Crippen molar-refractivity contribution in [2.24, 2.45) is 18.9 Å². The quantitative estimate of drug-likeness (QED) is 0.882. The van der Waals surface area contributed by atoms with Crippen molar-refractivity contribution in [1.82, 2.24) is 9.47 Å². The van der Waals surface area contributed by atoms with Crippen molar-refractivity contribution >= 4 is 5.91 Å². The Morgan fingerprint density at radius 2 is 1.96 bits per heavy atom. The van der Waals surface area contributed by atoms with Gasteiger partial charge >= 0.3 is 0 Å². The van der Waals surface area contributed by atoms with Gasteiger partial charge in [0.1, 0.15) is 5.56 Å². The summed E-state index contributed by atoms with van der Waals surface area (Å²) in [6, 6.07) is 1.84. The summed E-state index contributed by atoms with van der Waals surface area (Å²) < 4.78 is 1.68. The first-order chi connectivity index (χ1) is 12.4. The third-order valence-electron chi connectivity index (χ3n) is 7.20. The second kappa shape index (κ2) is 6.52. The maximum absolute atomic E-state index is 13.1. The summed E-state index contributed by atoms with van der Waals surface area (Å²) in [6.45, 7) is 3.12. The summed E-state index contributed by atoms with van der Waals surface area (Å²) >= 11 is 0. The van der Waals surface area contributed by atoms with Gasteiger partial charge in [-0.1, -0.05) is 13.3 Å². The highest BCUT2D eigenvalue weighted by Crippen LogP contribution is 2.44. The smallest absolute Gasteiger partial charge is 0.263 e. The number of carbonyl (C=O) groups is 1. The van der Waals surface area contributed by atoms with Crippen LogP contribution in [0.15, 0.2) is 10.9 Å². The van der Waals surface area contributed by atoms with Crippen LogP contribution in [0.4, 0.5) is 0 Å². The van der Waals surface area contributed by atoms with Crippen LogP contribution in [0.3, 0.4) is 0 Å². The molecule has 2 fully saturated rings. The van der Waals surface area contributed by atoms with Crippen LogP contribution in [0.25, 0.3) is 0 Å². The lowest BCUT2D eigenvalue weighted by Crippen LogP contribution is -2.57. The lowest BCUT2D eigenvalue weighted by atomic mass is 9.65. The number of rotatable bonds is 2. The van der Waals surface area contributed by atoms with Crippen LogP contribution in [0.1, 0.15) is 67.1 Å². The monoisotopic (exact) mass is 358 g/mol. The van der Waals surface area contributed by atoms with Gasteiger partial charge in [0.2, 0.25) is 0 Å². The minimum absolute atomic E-state index is 0.0481. The van der Waals surface area contributed by atoms with Gasteiger partial charge < -0.3 is 14.6 Å². The Hall–Kier alpha value is -1.62. The number of carbonyl (C=O) groups excluding carboxylic acids is 1. The van der Waals surface area contributed by atoms with Gasteiger partial charge in [-0.3, -0.25) is 9.59 Å². The molecule has 1 aliphatic heterocycles. The second-order valence-electron chi connectivity index (χ2n) is 8.62. The molecule has 1 aromatic rings. The van der Waals surface area contributed by atoms with Crippen LogP contribution < -0.4 is 5.56 Å². The molecule has 3 aliphatic rings. The predicted molar refractivity (Wildman–Crippen MR) is 100 cm³/mol. The largest absolute Gasteiger partial charge is 0.389 e. The minimum Gasteiger partial charge on any atom is -0.389 e. The van der Waals surface area contributed by atoms with Crippen molar-refractivity contribution in [2.75, 3.05) is 13.1 Å². The summed E-state index contributed by atoms with van der Waals surface area (Å²) in [5.41, 5.74) is 1.72. The van der Waals surface area contributed by atoms with Gasteiger partial charge in [-0.25, -0.2) is 0 Å². The van der Waals surface area contributed by atoms with E-state index >= 15 is 0 Å². The van der Waals surface area contributed by atoms with Crippen LogP contribution in [-0.4, -0.2) is 39.2 Å². The van der Waals surface area contributed by atoms with Gasteiger partial charge in [-0.2, -0.15) is 0 Å². The lowest BCUT2D eigenvalue weighted by molar-refractivity contribution is -0.122. The first kappa shape index (κ1) is 17.8. The number of amides is 1. The van der Waals surface area contributed by atoms with Gasteiger partial charge in [-0.05, 0) is 62.5 Å². The molecule has 26 heavy (non-hydrogen) atoms. The maximum Gasteiger partial charge on any atom is 0.263 e. The van der Waals surface area contributed by atoms with Crippen LogP contribution in [0.5, 0.6) is 0 Å². The summed E-state index contributed by atoms with van der Waals surface area (Å²) in [4.78, 5) is 27.6. The zero-order valence-corrected chi connectivity index (χ0v) is 16.0. The van der Waals surface area contributed by atoms with Crippen molar-refractivity contribution in [2.45, 2.75) is 63.9 Å². The Labute approximate surface area is 155 Å². The van der Waals surface area contributed by atoms with E-state index in [1.165, 1.54) is 6.42 Å². The maximum atomic E-state index is 13.1. The molecule has 5 heteroatoms. The molecular formula is C21H30N2O3. The average Bonchev–Trinajstić information content (AvgIpc) is 2.58. The second-order valence-corrected chi connectivity index (χ2v) is 8.62. The van der Waals surface area contributed by atoms with E-state index in [2.05, 4.69) is 0 Å². The molecule has 0 radical (unpaired) electrons. The number of piperidine rings is 1. The fraction of sp³-hybridized carbons (Fsp3) is 0.714. The molecule has 0 aromatic carbocycles. The molecule has 1 N–H and O–H groups in total. The topological polar surface area (TPSA) is 62.5 Å². The molecule has 0 bridgehead atoms. The molecule has 2 heterocycles. The fourth-order valence-corrected chi connectivity index (χ4v) is 5.15. The van der Waals surface area contributed by atoms with E-state index in [9.17, 15) is 14.7 Å². The van der Waals surface area contributed by atoms with Crippen LogP contribution in [0, 0.1) is 11.8 Å². The van der Waals surface area contributed by atoms with Gasteiger partial charge in [0.25, 0.3) is 11.5 Å². The standard InChI is InChI=1S/C21H30N2O3/c1-14-13-23(11-10-21(14,26)16-7-5-8-16)20(25)17-12-15-6-3-4-9-18(15)22(2)19(17)24/h12,14,16,26H,3-11,13H2,1-2H3/t14-,21+/m1/s1. The fourth-order valence-electron chi connectivity index (χ4n) is 5.15. The molecule has 1 saturated heterocycles. The van der Waals surface area contributed by atoms with Gasteiger partial charge in [0.15, 0.2) is 0 Å². The van der Waals surface area contributed by atoms with E-state index in [0.717, 1.165) is 49.8 Å². The zero-order chi connectivity index (χ0) is 18.5. The van der Waals surface area contributed by atoms with Crippen molar-refractivity contribution < 1.29 is 9.90 Å². The molecular weight excluding hydrogens is 328 g/mol. The van der Waals surface area contributed by atoms with E-state index in [1.807, 2.05) is 13.0 Å². The molecule has 4 rings (SSSR count). The SMILES string of the molecule is C[C@@H]1CN(C(=O)c2cc3c(n(C)c2=O)CCCC3)CC[C@@]1(O)C1CCC1. The summed E-state index contributed by atoms with van der Waals surface area (Å²) in [5.74, 6) is 0.264. The van der Waals surface area contributed by atoms with Gasteiger partial charge in [0, 0.05) is 31.7 Å². The van der Waals surface area contributed by atoms with E-state index < -0.39 is 5.60 Å². The van der Waals surface area contributed by atoms with Crippen molar-refractivity contribution in [3.8, 4) is 0 Å². The predicted octanol–water partition coefficient (Wildman–Crippen LogP) is 2.28. The van der Waals surface area contributed by atoms with Crippen LogP contribution >= 0.6 is 0 Å². The Bertz CT molecular complexity index is 780. The number of hydrogen-bond donors (Lipinski definition) is 1. The van der Waals surface area contributed by atoms with Gasteiger partial charge in [-0.15, -0.1) is 0 Å². The number of aliphatic hydroxyl groups is 1. The van der Waals surface area contributed by atoms with Crippen molar-refractivity contribution in [3.63, 3.8) is 0 Å². The molecule has 5 nitrogen and oxygen atoms in total. The molecule has 1 saturated carbocycles. The number of likely N-dealkylation sites (tertiary alicyclic amines) is 1. The summed E-state index contributed by atoms with van der Waals surface area (Å²) in [5, 5.41) is 11.1. The summed E-state index contributed by atoms with van der Waals surface area (Å²) in [7, 11) is 1.79. The number of fused-ring (bicyclic) bond motifs is 1. The third-order valence-corrected chi connectivity index (χ3v) is 7.20. The lowest BCUT2D eigenvalue weighted by Gasteiger charge is -2.50. The number of hydrogen-bond acceptors (Lipinski definition) is 3. The van der Waals surface area contributed by atoms with Crippen molar-refractivity contribution in [3.05, 3.63) is 33.2 Å². The molecule has 1 amide bonds. The van der Waals surface area contributed by atoms with Gasteiger partial charge in [0.05, 0.1) is 5.60 Å². The number of nitrogens with zero attached hydrogens (tertiary/aromatic N) is 2. The zero-order valence-electron chi connectivity index (χ0n) is 16.0. The number of aryl methyl sites for hydroxylation is 1. The highest BCUT2D eigenvalue weighted by molar-refractivity contribution is 5.94. The van der Waals surface area contributed by atoms with E-state index in [4.69, 9.17) is 0 Å². The van der Waals surface area contributed by atoms with E-state index in [1.54, 1.807) is 16.5 Å². The first-order valence-electron chi connectivity index (χ1n) is 10.1. The molecule has 2 atom stereocenters. The Morgan fingerprint density at radius 1 is 1.23 bits per heavy atom. The molecule has 0 spiro atoms. The van der Waals surface area contributed by atoms with Crippen LogP contribution in [-0.2, 0) is 19.9 Å². The average molecular weight is 358 g/mol. The number of aromatic nitrogens is 1. The minimum atomic E-state index is -0.643. The normalized spacial score (nSPS) is 29.2. The summed E-state index contributed by atoms with van der Waals surface area (Å²) in [6.07, 6.45) is 8.11. The van der Waals surface area contributed by atoms with Crippen molar-refractivity contribution in [1.29, 1.82) is 0 Å². The highest BCUT2D eigenvalue weighted by atomic mass is 16.3. The molecule has 2 aliphatic carbocycles. The molecule has 1 aromatic heterocycles. The third kappa shape index (κ3) is 2.72. The highest BCUT2D eigenvalue weighted by Gasteiger charge is 2.47. The number of pyridine rings is 1. The molecule has 0 unspecified atom stereocenters. The van der Waals surface area contributed by atoms with E-state index in [-0.39, 0.29) is 17.4 Å². The Kier molecular flexibility index (Phi) is 4.46. The van der Waals surface area contributed by atoms with E-state index in [0.29, 0.717) is 31.0 Å². The van der Waals surface area contributed by atoms with Crippen LogP contribution in [0.2, 0.25) is 0 Å².